The number of rotatable bonds is 3. The van der Waals surface area contributed by atoms with Crippen molar-refractivity contribution in [3.63, 3.8) is 0 Å². The molecule has 2 rings (SSSR count). The van der Waals surface area contributed by atoms with Crippen molar-refractivity contribution >= 4 is 11.6 Å². The lowest BCUT2D eigenvalue weighted by molar-refractivity contribution is 0.430. The van der Waals surface area contributed by atoms with Gasteiger partial charge in [0, 0.05) is 19.8 Å². The van der Waals surface area contributed by atoms with Crippen molar-refractivity contribution in [3.05, 3.63) is 18.5 Å². The standard InChI is InChI=1S/C10H13N5O/c1-3-15(2)10-13-9(16-14-10)7-4-5-12-6-8(7)11/h4-6H,3,11H2,1-2H3. The molecule has 0 spiro atoms. The maximum Gasteiger partial charge on any atom is 0.266 e. The van der Waals surface area contributed by atoms with Gasteiger partial charge in [-0.15, -0.1) is 0 Å². The second-order valence-corrected chi connectivity index (χ2v) is 3.38. The monoisotopic (exact) mass is 219 g/mol. The first-order valence-corrected chi connectivity index (χ1v) is 4.97. The van der Waals surface area contributed by atoms with Gasteiger partial charge >= 0.3 is 0 Å². The van der Waals surface area contributed by atoms with Crippen molar-refractivity contribution in [2.45, 2.75) is 6.92 Å². The van der Waals surface area contributed by atoms with Crippen LogP contribution in [-0.2, 0) is 0 Å². The summed E-state index contributed by atoms with van der Waals surface area (Å²) in [5.41, 5.74) is 7.00. The largest absolute Gasteiger partial charge is 0.397 e. The van der Waals surface area contributed by atoms with E-state index in [9.17, 15) is 0 Å². The fraction of sp³-hybridized carbons (Fsp3) is 0.300. The van der Waals surface area contributed by atoms with Gasteiger partial charge in [0.1, 0.15) is 0 Å². The molecule has 16 heavy (non-hydrogen) atoms. The molecule has 6 nitrogen and oxygen atoms in total. The molecule has 0 aromatic carbocycles. The van der Waals surface area contributed by atoms with Crippen molar-refractivity contribution in [3.8, 4) is 11.5 Å². The van der Waals surface area contributed by atoms with Crippen LogP contribution in [0.15, 0.2) is 23.0 Å². The molecule has 0 bridgehead atoms. The lowest BCUT2D eigenvalue weighted by Crippen LogP contribution is -2.16. The van der Waals surface area contributed by atoms with E-state index in [4.69, 9.17) is 10.3 Å². The molecule has 0 amide bonds. The summed E-state index contributed by atoms with van der Waals surface area (Å²) in [4.78, 5) is 10.0. The van der Waals surface area contributed by atoms with E-state index in [1.54, 1.807) is 18.5 Å². The van der Waals surface area contributed by atoms with Crippen molar-refractivity contribution in [1.29, 1.82) is 0 Å². The van der Waals surface area contributed by atoms with Crippen LogP contribution in [0.2, 0.25) is 0 Å². The highest BCUT2D eigenvalue weighted by molar-refractivity contribution is 5.69. The minimum atomic E-state index is 0.412. The summed E-state index contributed by atoms with van der Waals surface area (Å²) in [5.74, 6) is 0.962. The highest BCUT2D eigenvalue weighted by Crippen LogP contribution is 2.24. The Kier molecular flexibility index (Phi) is 2.72. The van der Waals surface area contributed by atoms with Crippen LogP contribution in [0.5, 0.6) is 0 Å². The molecule has 0 radical (unpaired) electrons. The van der Waals surface area contributed by atoms with Crippen LogP contribution in [0, 0.1) is 0 Å². The van der Waals surface area contributed by atoms with Crippen LogP contribution in [-0.4, -0.2) is 28.7 Å². The fourth-order valence-corrected chi connectivity index (χ4v) is 1.22. The second kappa shape index (κ2) is 4.18. The van der Waals surface area contributed by atoms with Crippen molar-refractivity contribution < 1.29 is 4.52 Å². The highest BCUT2D eigenvalue weighted by Gasteiger charge is 2.13. The molecule has 0 aliphatic carbocycles. The molecule has 0 unspecified atom stereocenters. The van der Waals surface area contributed by atoms with Gasteiger partial charge in [0.2, 0.25) is 0 Å². The van der Waals surface area contributed by atoms with Crippen LogP contribution in [0.4, 0.5) is 11.6 Å². The van der Waals surface area contributed by atoms with Crippen molar-refractivity contribution in [2.24, 2.45) is 0 Å². The number of hydrogen-bond acceptors (Lipinski definition) is 6. The summed E-state index contributed by atoms with van der Waals surface area (Å²) >= 11 is 0. The van der Waals surface area contributed by atoms with Gasteiger partial charge in [-0.3, -0.25) is 4.98 Å². The molecular weight excluding hydrogens is 206 g/mol. The molecule has 0 atom stereocenters. The number of anilines is 2. The Morgan fingerprint density at radius 3 is 3.00 bits per heavy atom. The van der Waals surface area contributed by atoms with Crippen LogP contribution < -0.4 is 10.6 Å². The number of nitrogens with zero attached hydrogens (tertiary/aromatic N) is 4. The summed E-state index contributed by atoms with van der Waals surface area (Å²) in [6.07, 6.45) is 3.20. The van der Waals surface area contributed by atoms with Gasteiger partial charge in [-0.2, -0.15) is 4.98 Å². The van der Waals surface area contributed by atoms with Gasteiger partial charge < -0.3 is 15.2 Å². The normalized spacial score (nSPS) is 10.4. The third kappa shape index (κ3) is 1.81. The van der Waals surface area contributed by atoms with Gasteiger partial charge in [-0.05, 0) is 18.1 Å². The topological polar surface area (TPSA) is 81.1 Å². The Morgan fingerprint density at radius 1 is 1.50 bits per heavy atom. The van der Waals surface area contributed by atoms with E-state index in [0.717, 1.165) is 6.54 Å². The number of hydrogen-bond donors (Lipinski definition) is 1. The zero-order valence-electron chi connectivity index (χ0n) is 9.21. The van der Waals surface area contributed by atoms with E-state index in [1.807, 2.05) is 18.9 Å². The molecule has 0 aliphatic rings. The first-order chi connectivity index (χ1) is 7.72. The third-order valence-corrected chi connectivity index (χ3v) is 2.31. The smallest absolute Gasteiger partial charge is 0.266 e. The minimum Gasteiger partial charge on any atom is -0.397 e. The van der Waals surface area contributed by atoms with Gasteiger partial charge in [0.25, 0.3) is 11.8 Å². The summed E-state index contributed by atoms with van der Waals surface area (Å²) in [6.45, 7) is 2.82. The summed E-state index contributed by atoms with van der Waals surface area (Å²) < 4.78 is 5.14. The molecule has 84 valence electrons. The van der Waals surface area contributed by atoms with Crippen molar-refractivity contribution in [2.75, 3.05) is 24.2 Å². The lowest BCUT2D eigenvalue weighted by Gasteiger charge is -2.08. The summed E-state index contributed by atoms with van der Waals surface area (Å²) in [5, 5.41) is 3.87. The predicted octanol–water partition coefficient (Wildman–Crippen LogP) is 1.17. The molecule has 6 heteroatoms. The van der Waals surface area contributed by atoms with Gasteiger partial charge in [0.15, 0.2) is 0 Å². The Labute approximate surface area is 93.1 Å². The summed E-state index contributed by atoms with van der Waals surface area (Å²) in [6, 6.07) is 1.75. The minimum absolute atomic E-state index is 0.412. The SMILES string of the molecule is CCN(C)c1noc(-c2ccncc2N)n1. The highest BCUT2D eigenvalue weighted by atomic mass is 16.5. The van der Waals surface area contributed by atoms with Crippen LogP contribution in [0.1, 0.15) is 6.92 Å². The predicted molar refractivity (Wildman–Crippen MR) is 60.9 cm³/mol. The molecule has 2 heterocycles. The zero-order valence-corrected chi connectivity index (χ0v) is 9.21. The number of nitrogen functional groups attached to an aromatic ring is 1. The molecule has 0 saturated heterocycles. The molecule has 2 aromatic rings. The molecule has 2 aromatic heterocycles. The molecule has 0 fully saturated rings. The zero-order chi connectivity index (χ0) is 11.5. The van der Waals surface area contributed by atoms with Gasteiger partial charge in [-0.25, -0.2) is 0 Å². The molecule has 2 N–H and O–H groups in total. The van der Waals surface area contributed by atoms with E-state index >= 15 is 0 Å². The van der Waals surface area contributed by atoms with Gasteiger partial charge in [0.05, 0.1) is 17.4 Å². The maximum absolute atomic E-state index is 5.77. The summed E-state index contributed by atoms with van der Waals surface area (Å²) in [7, 11) is 1.89. The van der Waals surface area contributed by atoms with E-state index in [0.29, 0.717) is 23.1 Å². The Bertz CT molecular complexity index is 482. The quantitative estimate of drug-likeness (QED) is 0.834. The van der Waals surface area contributed by atoms with Crippen LogP contribution >= 0.6 is 0 Å². The Hall–Kier alpha value is -2.11. The first-order valence-electron chi connectivity index (χ1n) is 4.97. The van der Waals surface area contributed by atoms with E-state index in [1.165, 1.54) is 0 Å². The Morgan fingerprint density at radius 2 is 2.31 bits per heavy atom. The molecule has 0 saturated carbocycles. The number of nitrogens with two attached hydrogens (primary N) is 1. The average molecular weight is 219 g/mol. The van der Waals surface area contributed by atoms with Crippen LogP contribution in [0.3, 0.4) is 0 Å². The van der Waals surface area contributed by atoms with Crippen molar-refractivity contribution in [1.82, 2.24) is 15.1 Å². The fourth-order valence-electron chi connectivity index (χ4n) is 1.22. The van der Waals surface area contributed by atoms with E-state index < -0.39 is 0 Å². The molecular formula is C10H13N5O. The third-order valence-electron chi connectivity index (χ3n) is 2.31. The number of aromatic nitrogens is 3. The first kappa shape index (κ1) is 10.4. The van der Waals surface area contributed by atoms with Gasteiger partial charge in [-0.1, -0.05) is 0 Å². The van der Waals surface area contributed by atoms with Crippen LogP contribution in [0.25, 0.3) is 11.5 Å². The second-order valence-electron chi connectivity index (χ2n) is 3.38. The average Bonchev–Trinajstić information content (AvgIpc) is 2.78. The maximum atomic E-state index is 5.77. The molecule has 0 aliphatic heterocycles. The van der Waals surface area contributed by atoms with E-state index in [2.05, 4.69) is 15.1 Å². The number of pyridine rings is 1. The van der Waals surface area contributed by atoms with E-state index in [-0.39, 0.29) is 0 Å². The Balaban J connectivity index is 2.35. The lowest BCUT2D eigenvalue weighted by atomic mass is 10.2.